The number of rotatable bonds is 9. The van der Waals surface area contributed by atoms with E-state index in [4.69, 9.17) is 20.0 Å². The second-order valence-electron chi connectivity index (χ2n) is 8.50. The van der Waals surface area contributed by atoms with E-state index in [2.05, 4.69) is 30.3 Å². The summed E-state index contributed by atoms with van der Waals surface area (Å²) >= 11 is 0. The van der Waals surface area contributed by atoms with Gasteiger partial charge < -0.3 is 30.2 Å². The number of carbonyl (C=O) groups is 1. The van der Waals surface area contributed by atoms with Crippen LogP contribution in [0, 0.1) is 5.82 Å². The molecule has 0 saturated carbocycles. The highest BCUT2D eigenvalue weighted by Crippen LogP contribution is 2.26. The number of furan rings is 1. The molecule has 0 spiro atoms. The summed E-state index contributed by atoms with van der Waals surface area (Å²) < 4.78 is 26.6. The van der Waals surface area contributed by atoms with E-state index in [0.29, 0.717) is 48.6 Å². The number of carboxylic acid groups (broad SMARTS) is 1. The monoisotopic (exact) mass is 511 g/mol. The van der Waals surface area contributed by atoms with Crippen LogP contribution in [0.3, 0.4) is 0 Å². The van der Waals surface area contributed by atoms with Crippen molar-refractivity contribution >= 4 is 29.3 Å². The molecule has 3 aromatic heterocycles. The maximum atomic E-state index is 14.7. The Balaban J connectivity index is 1.12. The molecule has 37 heavy (non-hydrogen) atoms. The Morgan fingerprint density at radius 2 is 2.05 bits per heavy atom. The third-order valence-electron chi connectivity index (χ3n) is 5.98. The van der Waals surface area contributed by atoms with Gasteiger partial charge in [0.15, 0.2) is 11.9 Å². The van der Waals surface area contributed by atoms with Crippen molar-refractivity contribution in [2.45, 2.75) is 13.0 Å². The SMILES string of the molecule is C[C@H](Oc1ccc(N2CCN(CCNc3nc(N)n4nc(-c5ccco5)nc4n3)CC2)c(F)c1)C(=O)O. The van der Waals surface area contributed by atoms with Gasteiger partial charge >= 0.3 is 5.97 Å². The normalized spacial score (nSPS) is 15.1. The Morgan fingerprint density at radius 3 is 2.76 bits per heavy atom. The molecule has 1 fully saturated rings. The number of aromatic nitrogens is 5. The second kappa shape index (κ2) is 10.3. The number of anilines is 3. The van der Waals surface area contributed by atoms with Crippen LogP contribution in [-0.2, 0) is 4.79 Å². The summed E-state index contributed by atoms with van der Waals surface area (Å²) in [6, 6.07) is 7.92. The first kappa shape index (κ1) is 24.2. The van der Waals surface area contributed by atoms with Crippen LogP contribution in [0.1, 0.15) is 6.92 Å². The van der Waals surface area contributed by atoms with Crippen molar-refractivity contribution in [1.82, 2.24) is 29.5 Å². The van der Waals surface area contributed by atoms with E-state index < -0.39 is 17.9 Å². The van der Waals surface area contributed by atoms with Gasteiger partial charge in [-0.15, -0.1) is 5.10 Å². The van der Waals surface area contributed by atoms with Crippen molar-refractivity contribution in [2.75, 3.05) is 55.2 Å². The quantitative estimate of drug-likeness (QED) is 0.298. The van der Waals surface area contributed by atoms with Gasteiger partial charge in [-0.05, 0) is 31.2 Å². The number of aliphatic carboxylic acids is 1. The molecule has 4 heterocycles. The zero-order valence-electron chi connectivity index (χ0n) is 20.0. The van der Waals surface area contributed by atoms with Crippen LogP contribution in [0.15, 0.2) is 41.0 Å². The summed E-state index contributed by atoms with van der Waals surface area (Å²) in [5.41, 5.74) is 6.49. The fourth-order valence-corrected chi connectivity index (χ4v) is 4.00. The van der Waals surface area contributed by atoms with Gasteiger partial charge in [0.1, 0.15) is 11.6 Å². The number of hydrogen-bond acceptors (Lipinski definition) is 11. The summed E-state index contributed by atoms with van der Waals surface area (Å²) in [4.78, 5) is 28.1. The minimum absolute atomic E-state index is 0.155. The van der Waals surface area contributed by atoms with Gasteiger partial charge in [0.05, 0.1) is 12.0 Å². The van der Waals surface area contributed by atoms with E-state index in [0.717, 1.165) is 19.6 Å². The minimum atomic E-state index is -1.11. The van der Waals surface area contributed by atoms with Gasteiger partial charge in [-0.1, -0.05) is 0 Å². The van der Waals surface area contributed by atoms with Crippen molar-refractivity contribution in [3.05, 3.63) is 42.4 Å². The summed E-state index contributed by atoms with van der Waals surface area (Å²) in [5, 5.41) is 16.4. The fourth-order valence-electron chi connectivity index (χ4n) is 4.00. The predicted molar refractivity (Wildman–Crippen MR) is 132 cm³/mol. The van der Waals surface area contributed by atoms with E-state index in [1.807, 2.05) is 4.90 Å². The zero-order valence-corrected chi connectivity index (χ0v) is 20.0. The van der Waals surface area contributed by atoms with Crippen LogP contribution in [0.4, 0.5) is 22.0 Å². The van der Waals surface area contributed by atoms with Crippen molar-refractivity contribution in [3.63, 3.8) is 0 Å². The Bertz CT molecular complexity index is 1390. The average molecular weight is 512 g/mol. The standard InChI is InChI=1S/C23H26FN9O4/c1-14(20(34)35)37-15-4-5-17(16(24)13-15)32-10-8-31(9-11-32)7-6-26-22-28-21(25)33-23(29-22)27-19(30-33)18-3-2-12-36-18/h2-5,12-14H,6-11H2,1H3,(H,34,35)(H3,25,26,27,28,29,30)/t14-/m0/s1. The molecule has 0 radical (unpaired) electrons. The number of piperazine rings is 1. The molecule has 1 aromatic carbocycles. The van der Waals surface area contributed by atoms with Gasteiger partial charge in [0, 0.05) is 45.3 Å². The Hall–Kier alpha value is -4.46. The Labute approximate surface area is 210 Å². The first-order chi connectivity index (χ1) is 17.9. The highest BCUT2D eigenvalue weighted by molar-refractivity contribution is 5.72. The molecular weight excluding hydrogens is 485 g/mol. The first-order valence-corrected chi connectivity index (χ1v) is 11.7. The number of hydrogen-bond donors (Lipinski definition) is 3. The van der Waals surface area contributed by atoms with Gasteiger partial charge in [-0.3, -0.25) is 4.90 Å². The van der Waals surface area contributed by atoms with Crippen molar-refractivity contribution < 1.29 is 23.4 Å². The van der Waals surface area contributed by atoms with Crippen LogP contribution in [0.25, 0.3) is 17.4 Å². The largest absolute Gasteiger partial charge is 0.479 e. The Morgan fingerprint density at radius 1 is 1.24 bits per heavy atom. The molecule has 0 amide bonds. The van der Waals surface area contributed by atoms with Gasteiger partial charge in [0.25, 0.3) is 5.78 Å². The number of ether oxygens (including phenoxy) is 1. The molecule has 5 rings (SSSR count). The third kappa shape index (κ3) is 5.38. The topological polar surface area (TPSA) is 160 Å². The smallest absolute Gasteiger partial charge is 0.344 e. The average Bonchev–Trinajstić information content (AvgIpc) is 3.55. The van der Waals surface area contributed by atoms with E-state index in [-0.39, 0.29) is 11.7 Å². The molecule has 0 unspecified atom stereocenters. The first-order valence-electron chi connectivity index (χ1n) is 11.7. The van der Waals surface area contributed by atoms with Crippen LogP contribution in [0.5, 0.6) is 5.75 Å². The van der Waals surface area contributed by atoms with Gasteiger partial charge in [-0.2, -0.15) is 19.5 Å². The molecule has 14 heteroatoms. The number of nitrogens with two attached hydrogens (primary N) is 1. The molecule has 1 atom stereocenters. The molecule has 13 nitrogen and oxygen atoms in total. The fraction of sp³-hybridized carbons (Fsp3) is 0.348. The number of fused-ring (bicyclic) bond motifs is 1. The maximum absolute atomic E-state index is 14.7. The van der Waals surface area contributed by atoms with Crippen LogP contribution < -0.4 is 20.7 Å². The molecule has 1 saturated heterocycles. The molecular formula is C23H26FN9O4. The minimum Gasteiger partial charge on any atom is -0.479 e. The molecule has 1 aliphatic heterocycles. The predicted octanol–water partition coefficient (Wildman–Crippen LogP) is 1.59. The molecule has 1 aliphatic rings. The van der Waals surface area contributed by atoms with Crippen molar-refractivity contribution in [2.24, 2.45) is 0 Å². The number of nitrogens with zero attached hydrogens (tertiary/aromatic N) is 7. The molecule has 4 N–H and O–H groups in total. The lowest BCUT2D eigenvalue weighted by atomic mass is 10.2. The number of carboxylic acids is 1. The van der Waals surface area contributed by atoms with E-state index in [1.165, 1.54) is 23.8 Å². The van der Waals surface area contributed by atoms with Crippen LogP contribution in [-0.4, -0.2) is 85.9 Å². The Kier molecular flexibility index (Phi) is 6.72. The van der Waals surface area contributed by atoms with Gasteiger partial charge in [0.2, 0.25) is 17.7 Å². The lowest BCUT2D eigenvalue weighted by molar-refractivity contribution is -0.144. The van der Waals surface area contributed by atoms with E-state index >= 15 is 0 Å². The highest BCUT2D eigenvalue weighted by Gasteiger charge is 2.21. The molecule has 0 bridgehead atoms. The lowest BCUT2D eigenvalue weighted by Crippen LogP contribution is -2.48. The zero-order chi connectivity index (χ0) is 25.9. The van der Waals surface area contributed by atoms with Crippen LogP contribution in [0.2, 0.25) is 0 Å². The van der Waals surface area contributed by atoms with E-state index in [9.17, 15) is 9.18 Å². The summed E-state index contributed by atoms with van der Waals surface area (Å²) in [7, 11) is 0. The number of halogens is 1. The van der Waals surface area contributed by atoms with Crippen molar-refractivity contribution in [1.29, 1.82) is 0 Å². The number of benzene rings is 1. The van der Waals surface area contributed by atoms with Gasteiger partial charge in [-0.25, -0.2) is 9.18 Å². The third-order valence-corrected chi connectivity index (χ3v) is 5.98. The molecule has 194 valence electrons. The van der Waals surface area contributed by atoms with E-state index in [1.54, 1.807) is 24.3 Å². The highest BCUT2D eigenvalue weighted by atomic mass is 19.1. The summed E-state index contributed by atoms with van der Waals surface area (Å²) in [6.45, 7) is 5.49. The maximum Gasteiger partial charge on any atom is 0.344 e. The lowest BCUT2D eigenvalue weighted by Gasteiger charge is -2.36. The van der Waals surface area contributed by atoms with Crippen molar-refractivity contribution in [3.8, 4) is 17.3 Å². The number of nitrogens with one attached hydrogen (secondary N) is 1. The molecule has 0 aliphatic carbocycles. The number of nitrogen functional groups attached to an aromatic ring is 1. The second-order valence-corrected chi connectivity index (χ2v) is 8.50. The summed E-state index contributed by atoms with van der Waals surface area (Å²) in [5.74, 6) is 0.328. The molecule has 4 aromatic rings. The summed E-state index contributed by atoms with van der Waals surface area (Å²) in [6.07, 6.45) is 0.483. The van der Waals surface area contributed by atoms with Crippen LogP contribution >= 0.6 is 0 Å².